The lowest BCUT2D eigenvalue weighted by atomic mass is 10.0. The number of thioether (sulfide) groups is 2. The number of carbonyl (C=O) groups is 3. The van der Waals surface area contributed by atoms with Gasteiger partial charge in [-0.15, -0.1) is 38.4 Å². The number of nitrogens with two attached hydrogens (primary N) is 1. The molecule has 41 heavy (non-hydrogen) atoms. The largest absolute Gasteiger partial charge is 0.477 e. The number of tetrazole rings is 1. The van der Waals surface area contributed by atoms with Gasteiger partial charge in [-0.3, -0.25) is 14.5 Å². The number of hydrogen-bond acceptors (Lipinski definition) is 15. The fourth-order valence-corrected chi connectivity index (χ4v) is 7.15. The Bertz CT molecular complexity index is 1620. The van der Waals surface area contributed by atoms with Gasteiger partial charge in [0.15, 0.2) is 10.8 Å². The summed E-state index contributed by atoms with van der Waals surface area (Å²) in [5, 5.41) is 32.2. The number of allylic oxidation sites excluding steroid dienone is 1. The van der Waals surface area contributed by atoms with Crippen LogP contribution in [0, 0.1) is 0 Å². The molecule has 5 heterocycles. The van der Waals surface area contributed by atoms with Crippen LogP contribution in [0.5, 0.6) is 0 Å². The highest BCUT2D eigenvalue weighted by Crippen LogP contribution is 2.41. The highest BCUT2D eigenvalue weighted by Gasteiger charge is 2.54. The number of nitrogen functional groups attached to an aromatic ring is 1. The molecule has 1 aliphatic carbocycles. The topological polar surface area (TPSA) is 216 Å². The molecule has 3 atom stereocenters. The van der Waals surface area contributed by atoms with E-state index in [1.165, 1.54) is 33.1 Å². The Balaban J connectivity index is 1.16. The number of aromatic nitrogens is 7. The minimum atomic E-state index is -1.23. The maximum atomic E-state index is 13.3. The van der Waals surface area contributed by atoms with Crippen molar-refractivity contribution in [3.05, 3.63) is 41.4 Å². The highest BCUT2D eigenvalue weighted by atomic mass is 32.2. The molecular formula is C22H21N11O5S3. The van der Waals surface area contributed by atoms with Crippen molar-refractivity contribution in [2.45, 2.75) is 41.8 Å². The van der Waals surface area contributed by atoms with E-state index in [-0.39, 0.29) is 34.2 Å². The Hall–Kier alpha value is -4.10. The van der Waals surface area contributed by atoms with Crippen LogP contribution in [0.15, 0.2) is 45.7 Å². The third-order valence-corrected chi connectivity index (χ3v) is 9.22. The van der Waals surface area contributed by atoms with Gasteiger partial charge in [0.1, 0.15) is 28.2 Å². The van der Waals surface area contributed by atoms with E-state index in [0.717, 1.165) is 30.8 Å². The summed E-state index contributed by atoms with van der Waals surface area (Å²) in [5.41, 5.74) is 6.42. The summed E-state index contributed by atoms with van der Waals surface area (Å²) in [6, 6.07) is 2.45. The van der Waals surface area contributed by atoms with Gasteiger partial charge in [0.05, 0.1) is 0 Å². The van der Waals surface area contributed by atoms with Crippen molar-refractivity contribution in [3.63, 3.8) is 0 Å². The maximum absolute atomic E-state index is 13.3. The molecule has 0 saturated carbocycles. The van der Waals surface area contributed by atoms with Gasteiger partial charge in [-0.05, 0) is 53.5 Å². The van der Waals surface area contributed by atoms with Crippen LogP contribution in [-0.2, 0) is 19.2 Å². The number of β-lactam (4-membered cyclic amide) rings is 1. The van der Waals surface area contributed by atoms with Crippen LogP contribution in [0.3, 0.4) is 0 Å². The van der Waals surface area contributed by atoms with Crippen LogP contribution in [0.2, 0.25) is 0 Å². The second-order valence-electron chi connectivity index (χ2n) is 9.00. The Labute approximate surface area is 243 Å². The molecule has 2 unspecified atom stereocenters. The first-order chi connectivity index (χ1) is 19.9. The maximum Gasteiger partial charge on any atom is 0.352 e. The molecule has 16 nitrogen and oxygen atoms in total. The normalized spacial score (nSPS) is 22.4. The lowest BCUT2D eigenvalue weighted by Crippen LogP contribution is -2.71. The SMILES string of the molecule is Nc1nc(C(=NOC2C=CCCC2)C(=O)NC2C(=O)N3C(C(=O)O)=C(CSc4ccc5nnnn5n4)CS[C@H]23)ns1. The van der Waals surface area contributed by atoms with Crippen LogP contribution >= 0.6 is 35.1 Å². The van der Waals surface area contributed by atoms with E-state index in [1.54, 1.807) is 12.1 Å². The number of nitrogens with one attached hydrogen (secondary N) is 1. The minimum Gasteiger partial charge on any atom is -0.477 e. The molecule has 3 aromatic rings. The number of amides is 2. The summed E-state index contributed by atoms with van der Waals surface area (Å²) in [5.74, 6) is -1.92. The molecule has 0 aromatic carbocycles. The van der Waals surface area contributed by atoms with E-state index >= 15 is 0 Å². The van der Waals surface area contributed by atoms with Crippen LogP contribution < -0.4 is 11.1 Å². The number of aliphatic carboxylic acids is 1. The molecule has 2 amide bonds. The van der Waals surface area contributed by atoms with Gasteiger partial charge in [-0.2, -0.15) is 9.36 Å². The number of nitrogens with zero attached hydrogens (tertiary/aromatic N) is 9. The summed E-state index contributed by atoms with van der Waals surface area (Å²) in [6.45, 7) is 0. The van der Waals surface area contributed by atoms with Crippen molar-refractivity contribution >= 4 is 69.3 Å². The molecule has 0 bridgehead atoms. The van der Waals surface area contributed by atoms with Crippen molar-refractivity contribution in [2.24, 2.45) is 5.16 Å². The van der Waals surface area contributed by atoms with E-state index in [0.29, 0.717) is 22.0 Å². The first-order valence-corrected chi connectivity index (χ1v) is 15.1. The first kappa shape index (κ1) is 27.1. The van der Waals surface area contributed by atoms with Crippen molar-refractivity contribution < 1.29 is 24.3 Å². The van der Waals surface area contributed by atoms with Gasteiger partial charge in [-0.25, -0.2) is 4.79 Å². The first-order valence-electron chi connectivity index (χ1n) is 12.3. The lowest BCUT2D eigenvalue weighted by molar-refractivity contribution is -0.150. The molecule has 3 aromatic heterocycles. The Morgan fingerprint density at radius 2 is 2.22 bits per heavy atom. The van der Waals surface area contributed by atoms with Gasteiger partial charge < -0.3 is 21.0 Å². The van der Waals surface area contributed by atoms with Crippen molar-refractivity contribution in [3.8, 4) is 0 Å². The van der Waals surface area contributed by atoms with Crippen LogP contribution in [-0.4, -0.2) is 97.1 Å². The van der Waals surface area contributed by atoms with Gasteiger partial charge in [-0.1, -0.05) is 11.2 Å². The van der Waals surface area contributed by atoms with Gasteiger partial charge >= 0.3 is 5.97 Å². The minimum absolute atomic E-state index is 0.0244. The van der Waals surface area contributed by atoms with E-state index in [1.807, 2.05) is 12.2 Å². The predicted molar refractivity (Wildman–Crippen MR) is 148 cm³/mol. The summed E-state index contributed by atoms with van der Waals surface area (Å²) >= 11 is 3.55. The Morgan fingerprint density at radius 3 is 2.98 bits per heavy atom. The van der Waals surface area contributed by atoms with E-state index < -0.39 is 29.2 Å². The number of anilines is 1. The molecule has 1 saturated heterocycles. The number of rotatable bonds is 9. The zero-order valence-corrected chi connectivity index (χ0v) is 23.4. The average Bonchev–Trinajstić information content (AvgIpc) is 3.63. The van der Waals surface area contributed by atoms with Gasteiger partial charge in [0.2, 0.25) is 11.5 Å². The summed E-state index contributed by atoms with van der Waals surface area (Å²) in [4.78, 5) is 49.5. The monoisotopic (exact) mass is 615 g/mol. The number of carboxylic acid groups (broad SMARTS) is 1. The number of carboxylic acids is 1. The fourth-order valence-electron chi connectivity index (χ4n) is 4.38. The lowest BCUT2D eigenvalue weighted by Gasteiger charge is -2.49. The molecule has 0 spiro atoms. The summed E-state index contributed by atoms with van der Waals surface area (Å²) in [6.07, 6.45) is 6.16. The second-order valence-corrected chi connectivity index (χ2v) is 11.9. The third-order valence-electron chi connectivity index (χ3n) is 6.33. The molecule has 19 heteroatoms. The van der Waals surface area contributed by atoms with E-state index in [2.05, 4.69) is 40.5 Å². The smallest absolute Gasteiger partial charge is 0.352 e. The fraction of sp³-hybridized carbons (Fsp3) is 0.364. The molecule has 1 fully saturated rings. The number of fused-ring (bicyclic) bond motifs is 2. The molecular weight excluding hydrogens is 595 g/mol. The van der Waals surface area contributed by atoms with Crippen molar-refractivity contribution in [1.29, 1.82) is 0 Å². The van der Waals surface area contributed by atoms with Gasteiger partial charge in [0, 0.05) is 23.0 Å². The van der Waals surface area contributed by atoms with Crippen LogP contribution in [0.1, 0.15) is 25.1 Å². The quantitative estimate of drug-likeness (QED) is 0.0971. The predicted octanol–water partition coefficient (Wildman–Crippen LogP) is 0.313. The zero-order chi connectivity index (χ0) is 28.5. The number of carbonyl (C=O) groups excluding carboxylic acids is 2. The second kappa shape index (κ2) is 11.4. The van der Waals surface area contributed by atoms with E-state index in [9.17, 15) is 19.5 Å². The average molecular weight is 616 g/mol. The molecule has 4 N–H and O–H groups in total. The molecule has 3 aliphatic rings. The van der Waals surface area contributed by atoms with E-state index in [4.69, 9.17) is 10.6 Å². The van der Waals surface area contributed by atoms with Crippen molar-refractivity contribution in [2.75, 3.05) is 17.2 Å². The Kier molecular flexibility index (Phi) is 7.54. The number of oxime groups is 1. The van der Waals surface area contributed by atoms with Crippen LogP contribution in [0.4, 0.5) is 5.13 Å². The summed E-state index contributed by atoms with van der Waals surface area (Å²) in [7, 11) is 0. The molecule has 0 radical (unpaired) electrons. The third kappa shape index (κ3) is 5.46. The highest BCUT2D eigenvalue weighted by molar-refractivity contribution is 8.01. The molecule has 2 aliphatic heterocycles. The zero-order valence-electron chi connectivity index (χ0n) is 21.0. The standard InChI is InChI=1S/C22H21N11O5S3/c23-22-25-17(29-41-22)14(28-38-11-4-2-1-3-5-11)18(34)24-15-19(35)32-16(21(36)37)10(9-40-20(15)32)8-39-13-7-6-12-26-30-31-33(12)27-13/h2,4,6-7,11,15,20H,1,3,5,8-9H2,(H,24,34)(H,36,37)(H2,23,25,29)/t11?,15?,20-/m1/s1. The van der Waals surface area contributed by atoms with Crippen molar-refractivity contribution in [1.82, 2.24) is 44.8 Å². The summed E-state index contributed by atoms with van der Waals surface area (Å²) < 4.78 is 5.34. The molecule has 6 rings (SSSR count). The van der Waals surface area contributed by atoms with Crippen LogP contribution in [0.25, 0.3) is 5.65 Å². The Morgan fingerprint density at radius 1 is 1.34 bits per heavy atom. The molecule has 212 valence electrons. The number of hydrogen-bond donors (Lipinski definition) is 3. The van der Waals surface area contributed by atoms with Gasteiger partial charge in [0.25, 0.3) is 11.8 Å².